The van der Waals surface area contributed by atoms with Crippen LogP contribution in [-0.2, 0) is 6.61 Å². The van der Waals surface area contributed by atoms with E-state index in [1.165, 1.54) is 6.07 Å². The van der Waals surface area contributed by atoms with E-state index in [9.17, 15) is 4.39 Å². The van der Waals surface area contributed by atoms with Gasteiger partial charge in [0.1, 0.15) is 6.61 Å². The van der Waals surface area contributed by atoms with E-state index in [4.69, 9.17) is 4.74 Å². The molecule has 0 saturated carbocycles. The van der Waals surface area contributed by atoms with Crippen LogP contribution in [0.15, 0.2) is 46.9 Å². The first-order chi connectivity index (χ1) is 10.1. The van der Waals surface area contributed by atoms with E-state index in [1.807, 2.05) is 44.2 Å². The lowest BCUT2D eigenvalue weighted by Crippen LogP contribution is -2.19. The lowest BCUT2D eigenvalue weighted by Gasteiger charge is -2.18. The summed E-state index contributed by atoms with van der Waals surface area (Å²) in [5.41, 5.74) is 1.83. The molecule has 0 amide bonds. The Balaban J connectivity index is 2.19. The molecule has 0 aliphatic carbocycles. The second-order valence-corrected chi connectivity index (χ2v) is 5.77. The second kappa shape index (κ2) is 7.57. The molecule has 2 aromatic rings. The molecule has 0 heterocycles. The molecule has 2 aromatic carbocycles. The number of hydrogen-bond donors (Lipinski definition) is 1. The zero-order valence-electron chi connectivity index (χ0n) is 12.2. The van der Waals surface area contributed by atoms with E-state index in [-0.39, 0.29) is 11.9 Å². The monoisotopic (exact) mass is 351 g/mol. The summed E-state index contributed by atoms with van der Waals surface area (Å²) in [4.78, 5) is 0. The number of ether oxygens (including phenoxy) is 1. The van der Waals surface area contributed by atoms with Crippen molar-refractivity contribution < 1.29 is 9.13 Å². The number of hydrogen-bond acceptors (Lipinski definition) is 2. The van der Waals surface area contributed by atoms with Crippen molar-refractivity contribution in [3.8, 4) is 5.75 Å². The summed E-state index contributed by atoms with van der Waals surface area (Å²) in [5.74, 6) is -0.00169. The van der Waals surface area contributed by atoms with E-state index in [2.05, 4.69) is 21.2 Å². The first-order valence-corrected chi connectivity index (χ1v) is 7.80. The molecule has 0 fully saturated rings. The highest BCUT2D eigenvalue weighted by molar-refractivity contribution is 9.10. The van der Waals surface area contributed by atoms with Gasteiger partial charge in [-0.25, -0.2) is 4.39 Å². The summed E-state index contributed by atoms with van der Waals surface area (Å²) < 4.78 is 20.8. The van der Waals surface area contributed by atoms with Gasteiger partial charge in [0.25, 0.3) is 0 Å². The summed E-state index contributed by atoms with van der Waals surface area (Å²) in [6.45, 7) is 5.19. The molecule has 0 spiro atoms. The number of rotatable bonds is 6. The number of halogens is 2. The molecule has 0 saturated heterocycles. The zero-order chi connectivity index (χ0) is 15.2. The van der Waals surface area contributed by atoms with E-state index < -0.39 is 0 Å². The van der Waals surface area contributed by atoms with Crippen LogP contribution in [0, 0.1) is 5.82 Å². The van der Waals surface area contributed by atoms with Crippen LogP contribution < -0.4 is 10.1 Å². The molecular formula is C17H19BrFNO. The zero-order valence-corrected chi connectivity index (χ0v) is 13.8. The Morgan fingerprint density at radius 2 is 2.00 bits per heavy atom. The van der Waals surface area contributed by atoms with Crippen molar-refractivity contribution in [2.75, 3.05) is 6.54 Å². The van der Waals surface area contributed by atoms with Crippen molar-refractivity contribution in [1.29, 1.82) is 0 Å². The topological polar surface area (TPSA) is 21.3 Å². The minimum Gasteiger partial charge on any atom is -0.485 e. The lowest BCUT2D eigenvalue weighted by atomic mass is 10.1. The highest BCUT2D eigenvalue weighted by Crippen LogP contribution is 2.29. The van der Waals surface area contributed by atoms with Gasteiger partial charge in [-0.3, -0.25) is 0 Å². The van der Waals surface area contributed by atoms with E-state index in [0.29, 0.717) is 12.4 Å². The van der Waals surface area contributed by atoms with Crippen molar-refractivity contribution in [2.45, 2.75) is 26.5 Å². The van der Waals surface area contributed by atoms with Crippen LogP contribution in [0.25, 0.3) is 0 Å². The molecule has 0 radical (unpaired) electrons. The fourth-order valence-electron chi connectivity index (χ4n) is 2.22. The van der Waals surface area contributed by atoms with Gasteiger partial charge in [0, 0.05) is 16.1 Å². The van der Waals surface area contributed by atoms with E-state index in [1.54, 1.807) is 6.07 Å². The molecule has 0 aromatic heterocycles. The summed E-state index contributed by atoms with van der Waals surface area (Å²) in [5, 5.41) is 3.28. The molecular weight excluding hydrogens is 333 g/mol. The molecule has 4 heteroatoms. The largest absolute Gasteiger partial charge is 0.485 e. The highest BCUT2D eigenvalue weighted by atomic mass is 79.9. The van der Waals surface area contributed by atoms with Gasteiger partial charge in [0.15, 0.2) is 11.6 Å². The van der Waals surface area contributed by atoms with Crippen LogP contribution >= 0.6 is 15.9 Å². The van der Waals surface area contributed by atoms with Crippen LogP contribution in [0.2, 0.25) is 0 Å². The van der Waals surface area contributed by atoms with Crippen molar-refractivity contribution in [1.82, 2.24) is 5.32 Å². The van der Waals surface area contributed by atoms with Crippen molar-refractivity contribution in [3.63, 3.8) is 0 Å². The standard InChI is InChI=1S/C17H19BrFNO/c1-3-20-12(2)15-8-5-9-16(19)17(15)21-11-13-6-4-7-14(18)10-13/h4-10,12,20H,3,11H2,1-2H3. The molecule has 112 valence electrons. The lowest BCUT2D eigenvalue weighted by molar-refractivity contribution is 0.284. The van der Waals surface area contributed by atoms with Crippen molar-refractivity contribution in [3.05, 3.63) is 63.9 Å². The fraction of sp³-hybridized carbons (Fsp3) is 0.294. The average Bonchev–Trinajstić information content (AvgIpc) is 2.46. The number of nitrogens with one attached hydrogen (secondary N) is 1. The Hall–Kier alpha value is -1.39. The van der Waals surface area contributed by atoms with E-state index in [0.717, 1.165) is 22.1 Å². The van der Waals surface area contributed by atoms with Crippen LogP contribution in [0.3, 0.4) is 0 Å². The molecule has 21 heavy (non-hydrogen) atoms. The summed E-state index contributed by atoms with van der Waals surface area (Å²) >= 11 is 3.42. The van der Waals surface area contributed by atoms with Crippen molar-refractivity contribution >= 4 is 15.9 Å². The Labute approximate surface area is 133 Å². The Kier molecular flexibility index (Phi) is 5.76. The quantitative estimate of drug-likeness (QED) is 0.803. The molecule has 0 bridgehead atoms. The van der Waals surface area contributed by atoms with Gasteiger partial charge in [-0.15, -0.1) is 0 Å². The SMILES string of the molecule is CCNC(C)c1cccc(F)c1OCc1cccc(Br)c1. The molecule has 2 rings (SSSR count). The predicted octanol–water partition coefficient (Wildman–Crippen LogP) is 4.84. The maximum atomic E-state index is 14.1. The van der Waals surface area contributed by atoms with Gasteiger partial charge in [-0.2, -0.15) is 0 Å². The van der Waals surface area contributed by atoms with Gasteiger partial charge in [-0.1, -0.05) is 47.1 Å². The first-order valence-electron chi connectivity index (χ1n) is 7.01. The fourth-order valence-corrected chi connectivity index (χ4v) is 2.66. The molecule has 2 nitrogen and oxygen atoms in total. The van der Waals surface area contributed by atoms with Crippen molar-refractivity contribution in [2.24, 2.45) is 0 Å². The van der Waals surface area contributed by atoms with Gasteiger partial charge in [0.05, 0.1) is 0 Å². The third-order valence-corrected chi connectivity index (χ3v) is 3.74. The van der Waals surface area contributed by atoms with Gasteiger partial charge >= 0.3 is 0 Å². The third-order valence-electron chi connectivity index (χ3n) is 3.25. The van der Waals surface area contributed by atoms with Gasteiger partial charge in [0.2, 0.25) is 0 Å². The first kappa shape index (κ1) is 16.0. The Morgan fingerprint density at radius 3 is 2.71 bits per heavy atom. The molecule has 1 unspecified atom stereocenters. The molecule has 1 N–H and O–H groups in total. The smallest absolute Gasteiger partial charge is 0.165 e. The second-order valence-electron chi connectivity index (χ2n) is 4.86. The van der Waals surface area contributed by atoms with Crippen LogP contribution in [0.4, 0.5) is 4.39 Å². The maximum absolute atomic E-state index is 14.1. The van der Waals surface area contributed by atoms with Crippen LogP contribution in [-0.4, -0.2) is 6.54 Å². The highest BCUT2D eigenvalue weighted by Gasteiger charge is 2.15. The van der Waals surface area contributed by atoms with Crippen LogP contribution in [0.5, 0.6) is 5.75 Å². The van der Waals surface area contributed by atoms with Gasteiger partial charge < -0.3 is 10.1 Å². The Morgan fingerprint density at radius 1 is 1.24 bits per heavy atom. The molecule has 1 atom stereocenters. The number of benzene rings is 2. The van der Waals surface area contributed by atoms with Crippen LogP contribution in [0.1, 0.15) is 31.0 Å². The average molecular weight is 352 g/mol. The predicted molar refractivity (Wildman–Crippen MR) is 87.0 cm³/mol. The summed E-state index contributed by atoms with van der Waals surface area (Å²) in [7, 11) is 0. The summed E-state index contributed by atoms with van der Waals surface area (Å²) in [6, 6.07) is 12.9. The van der Waals surface area contributed by atoms with E-state index >= 15 is 0 Å². The van der Waals surface area contributed by atoms with Gasteiger partial charge in [-0.05, 0) is 37.2 Å². The normalized spacial score (nSPS) is 12.2. The number of para-hydroxylation sites is 1. The third kappa shape index (κ3) is 4.29. The maximum Gasteiger partial charge on any atom is 0.165 e. The molecule has 0 aliphatic heterocycles. The summed E-state index contributed by atoms with van der Waals surface area (Å²) in [6.07, 6.45) is 0. The Bertz CT molecular complexity index is 603. The molecule has 0 aliphatic rings. The minimum atomic E-state index is -0.327. The minimum absolute atomic E-state index is 0.0446.